The average Bonchev–Trinajstić information content (AvgIpc) is 2.46. The molecule has 1 rings (SSSR count). The molecule has 0 spiro atoms. The van der Waals surface area contributed by atoms with Crippen LogP contribution >= 0.6 is 0 Å². The Hall–Kier alpha value is 0.649. The topological polar surface area (TPSA) is 12.5 Å². The van der Waals surface area contributed by atoms with Crippen molar-refractivity contribution in [2.45, 2.75) is 25.3 Å². The Morgan fingerprint density at radius 2 is 2.31 bits per heavy atom. The molecule has 13 heavy (non-hydrogen) atoms. The average molecular weight is 251 g/mol. The molecule has 3 radical (unpaired) electrons. The van der Waals surface area contributed by atoms with Crippen LogP contribution in [-0.2, 0) is 37.4 Å². The first-order valence-corrected chi connectivity index (χ1v) is 4.18. The molecular formula is C9H13BNOY-. The zero-order chi connectivity index (χ0) is 8.81. The Kier molecular flexibility index (Phi) is 8.40. The minimum atomic E-state index is 0. The van der Waals surface area contributed by atoms with Gasteiger partial charge in [0, 0.05) is 45.2 Å². The zero-order valence-corrected chi connectivity index (χ0v) is 10.7. The Balaban J connectivity index is 0.00000144. The predicted molar refractivity (Wildman–Crippen MR) is 49.2 cm³/mol. The summed E-state index contributed by atoms with van der Waals surface area (Å²) in [7, 11) is 8.95. The molecule has 1 atom stereocenters. The number of rotatable bonds is 2. The van der Waals surface area contributed by atoms with Crippen LogP contribution in [-0.4, -0.2) is 32.0 Å². The molecule has 0 amide bonds. The summed E-state index contributed by atoms with van der Waals surface area (Å²) in [6.07, 6.45) is 3.20. The smallest absolute Gasteiger partial charge is 0.182 e. The van der Waals surface area contributed by atoms with Gasteiger partial charge in [0.05, 0.1) is 6.61 Å². The summed E-state index contributed by atoms with van der Waals surface area (Å²) >= 11 is 0. The van der Waals surface area contributed by atoms with Gasteiger partial charge in [0.15, 0.2) is 7.98 Å². The first-order chi connectivity index (χ1) is 5.84. The fourth-order valence-corrected chi connectivity index (χ4v) is 1.37. The second-order valence-corrected chi connectivity index (χ2v) is 2.94. The van der Waals surface area contributed by atoms with Crippen LogP contribution in [0.1, 0.15) is 19.3 Å². The van der Waals surface area contributed by atoms with Crippen LogP contribution in [0.2, 0.25) is 0 Å². The Bertz CT molecular complexity index is 190. The number of hydrogen-bond donors (Lipinski definition) is 0. The van der Waals surface area contributed by atoms with Gasteiger partial charge >= 0.3 is 0 Å². The van der Waals surface area contributed by atoms with E-state index < -0.39 is 0 Å². The van der Waals surface area contributed by atoms with Gasteiger partial charge in [-0.2, -0.15) is 0 Å². The van der Waals surface area contributed by atoms with E-state index in [0.717, 1.165) is 19.4 Å². The maximum Gasteiger partial charge on any atom is 0.182 e. The van der Waals surface area contributed by atoms with E-state index in [0.29, 0.717) is 12.6 Å². The minimum absolute atomic E-state index is 0. The van der Waals surface area contributed by atoms with Crippen molar-refractivity contribution in [2.75, 3.05) is 13.2 Å². The third-order valence-electron chi connectivity index (χ3n) is 2.06. The summed E-state index contributed by atoms with van der Waals surface area (Å²) in [5.41, 5.74) is 0. The molecule has 67 valence electrons. The fraction of sp³-hybridized carbons (Fsp3) is 0.667. The molecule has 0 aromatic rings. The molecule has 4 heteroatoms. The van der Waals surface area contributed by atoms with E-state index in [1.807, 2.05) is 4.81 Å². The fourth-order valence-electron chi connectivity index (χ4n) is 1.37. The largest absolute Gasteiger partial charge is 0.546 e. The zero-order valence-electron chi connectivity index (χ0n) is 7.83. The molecule has 0 bridgehead atoms. The van der Waals surface area contributed by atoms with Gasteiger partial charge in [-0.25, -0.2) is 7.11 Å². The molecule has 1 unspecified atom stereocenters. The van der Waals surface area contributed by atoms with Gasteiger partial charge in [0.25, 0.3) is 0 Å². The number of hydrogen-bond acceptors (Lipinski definition) is 2. The molecule has 0 N–H and O–H groups in total. The van der Waals surface area contributed by atoms with Crippen molar-refractivity contribution in [3.63, 3.8) is 0 Å². The Morgan fingerprint density at radius 3 is 2.85 bits per heavy atom. The Labute approximate surface area is 107 Å². The first kappa shape index (κ1) is 13.6. The quantitative estimate of drug-likeness (QED) is 0.407. The second kappa shape index (κ2) is 8.00. The van der Waals surface area contributed by atoms with E-state index in [9.17, 15) is 0 Å². The third kappa shape index (κ3) is 5.17. The van der Waals surface area contributed by atoms with E-state index in [4.69, 9.17) is 7.98 Å². The van der Waals surface area contributed by atoms with Crippen molar-refractivity contribution in [3.05, 3.63) is 7.11 Å². The minimum Gasteiger partial charge on any atom is -0.546 e. The molecule has 1 aliphatic rings. The normalized spacial score (nSPS) is 21.8. The van der Waals surface area contributed by atoms with Crippen molar-refractivity contribution in [1.29, 1.82) is 0 Å². The van der Waals surface area contributed by atoms with Gasteiger partial charge in [-0.3, -0.25) is 0 Å². The summed E-state index contributed by atoms with van der Waals surface area (Å²) < 4.78 is 4.56. The van der Waals surface area contributed by atoms with Crippen LogP contribution in [0.5, 0.6) is 0 Å². The second-order valence-electron chi connectivity index (χ2n) is 2.94. The van der Waals surface area contributed by atoms with E-state index >= 15 is 0 Å². The summed E-state index contributed by atoms with van der Waals surface area (Å²) in [6.45, 7) is 1.41. The summed E-state index contributed by atoms with van der Waals surface area (Å²) in [4.78, 5) is 1.87. The number of nitrogens with zero attached hydrogens (tertiary/aromatic N) is 1. The molecule has 1 saturated heterocycles. The van der Waals surface area contributed by atoms with Crippen molar-refractivity contribution < 1.29 is 37.4 Å². The van der Waals surface area contributed by atoms with Crippen LogP contribution < -0.4 is 0 Å². The van der Waals surface area contributed by atoms with Crippen molar-refractivity contribution >= 4 is 7.98 Å². The van der Waals surface area contributed by atoms with Gasteiger partial charge in [-0.15, -0.1) is 0 Å². The molecule has 0 aliphatic carbocycles. The molecule has 1 fully saturated rings. The summed E-state index contributed by atoms with van der Waals surface area (Å²) in [5, 5.41) is 0. The molecule has 0 aromatic carbocycles. The van der Waals surface area contributed by atoms with Crippen LogP contribution in [0, 0.1) is 19.0 Å². The van der Waals surface area contributed by atoms with E-state index in [1.54, 1.807) is 0 Å². The summed E-state index contributed by atoms with van der Waals surface area (Å²) in [6, 6.07) is 0.447. The van der Waals surface area contributed by atoms with E-state index in [1.165, 1.54) is 6.42 Å². The molecule has 2 nitrogen and oxygen atoms in total. The van der Waals surface area contributed by atoms with E-state index in [-0.39, 0.29) is 32.7 Å². The van der Waals surface area contributed by atoms with Gasteiger partial charge in [-0.05, 0) is 19.4 Å². The van der Waals surface area contributed by atoms with E-state index in [2.05, 4.69) is 23.7 Å². The van der Waals surface area contributed by atoms with Gasteiger partial charge in [0.1, 0.15) is 0 Å². The van der Waals surface area contributed by atoms with Crippen LogP contribution in [0.4, 0.5) is 0 Å². The van der Waals surface area contributed by atoms with Gasteiger partial charge in [-0.1, -0.05) is 11.8 Å². The predicted octanol–water partition coefficient (Wildman–Crippen LogP) is 0.733. The third-order valence-corrected chi connectivity index (χ3v) is 2.06. The SMILES string of the molecule is [B]N1CCCC1CC#CCO[CH2-].[Y]. The summed E-state index contributed by atoms with van der Waals surface area (Å²) in [5.74, 6) is 5.89. The maximum atomic E-state index is 5.72. The van der Waals surface area contributed by atoms with Crippen LogP contribution in [0.25, 0.3) is 0 Å². The first-order valence-electron chi connectivity index (χ1n) is 4.18. The van der Waals surface area contributed by atoms with Crippen LogP contribution in [0.15, 0.2) is 0 Å². The molecular weight excluding hydrogens is 238 g/mol. The van der Waals surface area contributed by atoms with Gasteiger partial charge < -0.3 is 9.55 Å². The standard InChI is InChI=1S/C9H13BNO.Y/c1-12-8-3-2-5-9-6-4-7-11(9)10;/h9H,1,4-8H2;/q-1;. The van der Waals surface area contributed by atoms with Crippen molar-refractivity contribution in [1.82, 2.24) is 4.81 Å². The number of ether oxygens (including phenoxy) is 1. The van der Waals surface area contributed by atoms with Crippen molar-refractivity contribution in [3.8, 4) is 11.8 Å². The van der Waals surface area contributed by atoms with Crippen molar-refractivity contribution in [2.24, 2.45) is 0 Å². The molecule has 1 aliphatic heterocycles. The monoisotopic (exact) mass is 251 g/mol. The van der Waals surface area contributed by atoms with Crippen LogP contribution in [0.3, 0.4) is 0 Å². The maximum absolute atomic E-state index is 5.72. The molecule has 0 saturated carbocycles. The van der Waals surface area contributed by atoms with Gasteiger partial charge in [0.2, 0.25) is 0 Å². The molecule has 0 aromatic heterocycles. The Morgan fingerprint density at radius 1 is 1.54 bits per heavy atom. The molecule has 1 heterocycles.